The summed E-state index contributed by atoms with van der Waals surface area (Å²) in [5.74, 6) is 0.332. The highest BCUT2D eigenvalue weighted by Crippen LogP contribution is 2.26. The highest BCUT2D eigenvalue weighted by molar-refractivity contribution is 6.04. The van der Waals surface area contributed by atoms with Crippen LogP contribution in [0.1, 0.15) is 15.9 Å². The number of aryl methyl sites for hydroxylation is 1. The van der Waals surface area contributed by atoms with E-state index in [0.29, 0.717) is 11.3 Å². The first-order valence-electron chi connectivity index (χ1n) is 5.19. The number of fused-ring (bicyclic) bond motifs is 1. The van der Waals surface area contributed by atoms with Crippen molar-refractivity contribution in [3.8, 4) is 5.75 Å². The molecule has 1 aromatic carbocycles. The Morgan fingerprint density at radius 1 is 1.29 bits per heavy atom. The van der Waals surface area contributed by atoms with Gasteiger partial charge in [-0.15, -0.1) is 0 Å². The molecule has 2 rings (SSSR count). The molecule has 2 aromatic rings. The SMILES string of the molecule is COC(=O)c1ccnc2c(C)cc(OC)cc12. The number of aromatic nitrogens is 1. The molecule has 0 amide bonds. The minimum absolute atomic E-state index is 0.370. The van der Waals surface area contributed by atoms with Crippen LogP contribution >= 0.6 is 0 Å². The zero-order valence-electron chi connectivity index (χ0n) is 9.98. The molecule has 0 N–H and O–H groups in total. The summed E-state index contributed by atoms with van der Waals surface area (Å²) in [6, 6.07) is 5.32. The van der Waals surface area contributed by atoms with Crippen LogP contribution < -0.4 is 4.74 Å². The number of carbonyl (C=O) groups excluding carboxylic acids is 1. The van der Waals surface area contributed by atoms with Crippen LogP contribution in [-0.2, 0) is 4.74 Å². The van der Waals surface area contributed by atoms with Gasteiger partial charge < -0.3 is 9.47 Å². The second-order valence-electron chi connectivity index (χ2n) is 3.69. The molecule has 0 saturated heterocycles. The second kappa shape index (κ2) is 4.41. The van der Waals surface area contributed by atoms with Crippen LogP contribution in [0, 0.1) is 6.92 Å². The molecule has 0 spiro atoms. The van der Waals surface area contributed by atoms with Crippen LogP contribution in [0.3, 0.4) is 0 Å². The van der Waals surface area contributed by atoms with E-state index in [2.05, 4.69) is 4.98 Å². The summed E-state index contributed by atoms with van der Waals surface area (Å²) in [5, 5.41) is 0.746. The topological polar surface area (TPSA) is 48.4 Å². The lowest BCUT2D eigenvalue weighted by Gasteiger charge is -2.08. The van der Waals surface area contributed by atoms with Crippen LogP contribution in [0.2, 0.25) is 0 Å². The van der Waals surface area contributed by atoms with Crippen LogP contribution in [0.25, 0.3) is 10.9 Å². The van der Waals surface area contributed by atoms with Gasteiger partial charge in [-0.1, -0.05) is 0 Å². The van der Waals surface area contributed by atoms with E-state index >= 15 is 0 Å². The predicted octanol–water partition coefficient (Wildman–Crippen LogP) is 2.34. The largest absolute Gasteiger partial charge is 0.497 e. The summed E-state index contributed by atoms with van der Waals surface area (Å²) in [6.45, 7) is 1.93. The third kappa shape index (κ3) is 1.93. The number of esters is 1. The van der Waals surface area contributed by atoms with Crippen molar-refractivity contribution in [1.82, 2.24) is 4.98 Å². The zero-order valence-corrected chi connectivity index (χ0v) is 9.98. The maximum atomic E-state index is 11.6. The predicted molar refractivity (Wildman–Crippen MR) is 64.4 cm³/mol. The van der Waals surface area contributed by atoms with Crippen LogP contribution in [-0.4, -0.2) is 25.2 Å². The summed E-state index contributed by atoms with van der Waals surface area (Å²) in [6.07, 6.45) is 1.61. The molecular weight excluding hydrogens is 218 g/mol. The molecule has 0 fully saturated rings. The van der Waals surface area contributed by atoms with Crippen molar-refractivity contribution in [2.45, 2.75) is 6.92 Å². The molecule has 88 valence electrons. The summed E-state index contributed by atoms with van der Waals surface area (Å²) >= 11 is 0. The molecule has 0 aliphatic carbocycles. The molecule has 0 unspecified atom stereocenters. The Morgan fingerprint density at radius 3 is 2.71 bits per heavy atom. The Bertz CT molecular complexity index is 578. The minimum Gasteiger partial charge on any atom is -0.497 e. The molecule has 0 radical (unpaired) electrons. The number of ether oxygens (including phenoxy) is 2. The van der Waals surface area contributed by atoms with Gasteiger partial charge in [0.1, 0.15) is 5.75 Å². The lowest BCUT2D eigenvalue weighted by molar-refractivity contribution is 0.0603. The fraction of sp³-hybridized carbons (Fsp3) is 0.231. The Labute approximate surface area is 99.2 Å². The molecule has 0 bridgehead atoms. The summed E-state index contributed by atoms with van der Waals surface area (Å²) < 4.78 is 9.94. The van der Waals surface area contributed by atoms with E-state index in [9.17, 15) is 4.79 Å². The minimum atomic E-state index is -0.370. The molecule has 0 atom stereocenters. The maximum absolute atomic E-state index is 11.6. The fourth-order valence-electron chi connectivity index (χ4n) is 1.81. The zero-order chi connectivity index (χ0) is 12.4. The molecule has 1 heterocycles. The smallest absolute Gasteiger partial charge is 0.338 e. The van der Waals surface area contributed by atoms with E-state index in [1.54, 1.807) is 25.4 Å². The van der Waals surface area contributed by atoms with Crippen molar-refractivity contribution in [3.05, 3.63) is 35.5 Å². The van der Waals surface area contributed by atoms with Gasteiger partial charge in [0.15, 0.2) is 0 Å². The molecule has 4 heteroatoms. The third-order valence-corrected chi connectivity index (χ3v) is 2.65. The van der Waals surface area contributed by atoms with Gasteiger partial charge >= 0.3 is 5.97 Å². The average molecular weight is 231 g/mol. The number of nitrogens with zero attached hydrogens (tertiary/aromatic N) is 1. The van der Waals surface area contributed by atoms with Gasteiger partial charge in [-0.05, 0) is 30.7 Å². The van der Waals surface area contributed by atoms with E-state index in [1.807, 2.05) is 13.0 Å². The van der Waals surface area contributed by atoms with Gasteiger partial charge in [0, 0.05) is 11.6 Å². The quantitative estimate of drug-likeness (QED) is 0.744. The Hall–Kier alpha value is -2.10. The number of benzene rings is 1. The number of hydrogen-bond acceptors (Lipinski definition) is 4. The van der Waals surface area contributed by atoms with Gasteiger partial charge in [-0.25, -0.2) is 4.79 Å². The van der Waals surface area contributed by atoms with Crippen molar-refractivity contribution in [2.24, 2.45) is 0 Å². The Morgan fingerprint density at radius 2 is 2.06 bits per heavy atom. The van der Waals surface area contributed by atoms with E-state index < -0.39 is 0 Å². The van der Waals surface area contributed by atoms with Crippen LogP contribution in [0.15, 0.2) is 24.4 Å². The second-order valence-corrected chi connectivity index (χ2v) is 3.69. The maximum Gasteiger partial charge on any atom is 0.338 e. The summed E-state index contributed by atoms with van der Waals surface area (Å²) in [7, 11) is 2.95. The van der Waals surface area contributed by atoms with Gasteiger partial charge in [-0.2, -0.15) is 0 Å². The highest BCUT2D eigenvalue weighted by atomic mass is 16.5. The van der Waals surface area contributed by atoms with E-state index in [0.717, 1.165) is 16.5 Å². The molecule has 1 aromatic heterocycles. The van der Waals surface area contributed by atoms with Crippen molar-refractivity contribution in [3.63, 3.8) is 0 Å². The van der Waals surface area contributed by atoms with Crippen LogP contribution in [0.4, 0.5) is 0 Å². The molecule has 17 heavy (non-hydrogen) atoms. The first kappa shape index (κ1) is 11.4. The molecule has 0 aliphatic rings. The van der Waals surface area contributed by atoms with Gasteiger partial charge in [-0.3, -0.25) is 4.98 Å². The third-order valence-electron chi connectivity index (χ3n) is 2.65. The number of pyridine rings is 1. The first-order valence-corrected chi connectivity index (χ1v) is 5.19. The molecule has 0 saturated carbocycles. The normalized spacial score (nSPS) is 10.3. The van der Waals surface area contributed by atoms with Crippen LogP contribution in [0.5, 0.6) is 5.75 Å². The first-order chi connectivity index (χ1) is 8.17. The Kier molecular flexibility index (Phi) is 2.95. The number of rotatable bonds is 2. The van der Waals surface area contributed by atoms with Crippen molar-refractivity contribution in [2.75, 3.05) is 14.2 Å². The highest BCUT2D eigenvalue weighted by Gasteiger charge is 2.13. The molecule has 0 aliphatic heterocycles. The molecule has 4 nitrogen and oxygen atoms in total. The Balaban J connectivity index is 2.77. The number of carbonyl (C=O) groups is 1. The number of methoxy groups -OCH3 is 2. The van der Waals surface area contributed by atoms with E-state index in [4.69, 9.17) is 9.47 Å². The molecular formula is C13H13NO3. The monoisotopic (exact) mass is 231 g/mol. The lowest BCUT2D eigenvalue weighted by atomic mass is 10.1. The van der Waals surface area contributed by atoms with Crippen molar-refractivity contribution >= 4 is 16.9 Å². The van der Waals surface area contributed by atoms with E-state index in [-0.39, 0.29) is 5.97 Å². The average Bonchev–Trinajstić information content (AvgIpc) is 2.37. The van der Waals surface area contributed by atoms with E-state index in [1.165, 1.54) is 7.11 Å². The fourth-order valence-corrected chi connectivity index (χ4v) is 1.81. The summed E-state index contributed by atoms with van der Waals surface area (Å²) in [4.78, 5) is 15.9. The van der Waals surface area contributed by atoms with Crippen molar-refractivity contribution in [1.29, 1.82) is 0 Å². The number of hydrogen-bond donors (Lipinski definition) is 0. The van der Waals surface area contributed by atoms with Gasteiger partial charge in [0.2, 0.25) is 0 Å². The van der Waals surface area contributed by atoms with Gasteiger partial charge in [0.05, 0.1) is 25.3 Å². The van der Waals surface area contributed by atoms with Gasteiger partial charge in [0.25, 0.3) is 0 Å². The van der Waals surface area contributed by atoms with Crippen molar-refractivity contribution < 1.29 is 14.3 Å². The lowest BCUT2D eigenvalue weighted by Crippen LogP contribution is -2.03. The standard InChI is InChI=1S/C13H13NO3/c1-8-6-9(16-2)7-11-10(13(15)17-3)4-5-14-12(8)11/h4-7H,1-3H3. The summed E-state index contributed by atoms with van der Waals surface area (Å²) in [5.41, 5.74) is 2.25.